The summed E-state index contributed by atoms with van der Waals surface area (Å²) in [5.74, 6) is 0.637. The number of likely N-dealkylation sites (tertiary alicyclic amines) is 1. The Morgan fingerprint density at radius 3 is 2.36 bits per heavy atom. The molecule has 2 saturated heterocycles. The van der Waals surface area contributed by atoms with E-state index in [1.54, 1.807) is 0 Å². The number of carbonyl (C=O) groups excluding carboxylic acids is 3. The van der Waals surface area contributed by atoms with Crippen LogP contribution in [0, 0.1) is 17.8 Å². The van der Waals surface area contributed by atoms with Gasteiger partial charge in [-0.3, -0.25) is 14.4 Å². The topological polar surface area (TPSA) is 95.7 Å². The van der Waals surface area contributed by atoms with Crippen molar-refractivity contribution in [2.45, 2.75) is 71.9 Å². The molecule has 0 aliphatic carbocycles. The lowest BCUT2D eigenvalue weighted by molar-refractivity contribution is -0.152. The second kappa shape index (κ2) is 10.2. The van der Waals surface area contributed by atoms with Crippen molar-refractivity contribution >= 4 is 17.7 Å². The van der Waals surface area contributed by atoms with E-state index in [-0.39, 0.29) is 35.6 Å². The lowest BCUT2D eigenvalue weighted by atomic mass is 9.90. The molecule has 0 saturated carbocycles. The van der Waals surface area contributed by atoms with Crippen LogP contribution in [0.2, 0.25) is 0 Å². The van der Waals surface area contributed by atoms with Gasteiger partial charge in [-0.2, -0.15) is 0 Å². The van der Waals surface area contributed by atoms with Crippen molar-refractivity contribution in [3.8, 4) is 0 Å². The number of carbonyl (C=O) groups is 3. The molecule has 2 heterocycles. The fourth-order valence-electron chi connectivity index (χ4n) is 4.42. The molecule has 0 spiro atoms. The summed E-state index contributed by atoms with van der Waals surface area (Å²) >= 11 is 0. The maximum Gasteiger partial charge on any atom is 0.245 e. The first-order valence-electron chi connectivity index (χ1n) is 10.9. The van der Waals surface area contributed by atoms with Crippen LogP contribution in [-0.2, 0) is 14.4 Å². The third kappa shape index (κ3) is 5.69. The number of nitrogens with zero attached hydrogens (tertiary/aromatic N) is 2. The van der Waals surface area contributed by atoms with E-state index in [2.05, 4.69) is 33.0 Å². The van der Waals surface area contributed by atoms with Crippen molar-refractivity contribution in [3.05, 3.63) is 0 Å². The minimum atomic E-state index is -0.401. The number of hydrogen-bond donors (Lipinski definition) is 2. The minimum absolute atomic E-state index is 0.0576. The zero-order valence-electron chi connectivity index (χ0n) is 17.9. The van der Waals surface area contributed by atoms with E-state index in [0.717, 1.165) is 32.2 Å². The Kier molecular flexibility index (Phi) is 8.28. The summed E-state index contributed by atoms with van der Waals surface area (Å²) in [6.07, 6.45) is 3.63. The summed E-state index contributed by atoms with van der Waals surface area (Å²) in [6, 6.07) is -0.601. The summed E-state index contributed by atoms with van der Waals surface area (Å²) in [4.78, 5) is 41.4. The molecule has 7 heteroatoms. The van der Waals surface area contributed by atoms with Crippen LogP contribution in [0.1, 0.15) is 59.8 Å². The first kappa shape index (κ1) is 22.7. The molecule has 7 nitrogen and oxygen atoms in total. The normalized spacial score (nSPS) is 23.8. The van der Waals surface area contributed by atoms with Crippen LogP contribution in [0.4, 0.5) is 0 Å². The van der Waals surface area contributed by atoms with Crippen LogP contribution in [0.15, 0.2) is 0 Å². The molecule has 2 aliphatic rings. The van der Waals surface area contributed by atoms with Crippen molar-refractivity contribution in [2.24, 2.45) is 23.5 Å². The van der Waals surface area contributed by atoms with Gasteiger partial charge in [0, 0.05) is 32.6 Å². The second-order valence-corrected chi connectivity index (χ2v) is 8.94. The largest absolute Gasteiger partial charge is 0.370 e. The predicted octanol–water partition coefficient (Wildman–Crippen LogP) is 1.36. The minimum Gasteiger partial charge on any atom is -0.370 e. The molecule has 3 atom stereocenters. The highest BCUT2D eigenvalue weighted by molar-refractivity contribution is 5.90. The first-order valence-corrected chi connectivity index (χ1v) is 10.9. The third-order valence-electron chi connectivity index (χ3n) is 6.22. The van der Waals surface area contributed by atoms with Crippen molar-refractivity contribution < 1.29 is 14.4 Å². The molecule has 3 amide bonds. The molecule has 0 aromatic rings. The maximum absolute atomic E-state index is 13.4. The molecule has 0 aromatic heterocycles. The number of nitrogens with two attached hydrogens (primary N) is 1. The number of piperazine rings is 1. The van der Waals surface area contributed by atoms with E-state index in [0.29, 0.717) is 32.0 Å². The van der Waals surface area contributed by atoms with Gasteiger partial charge >= 0.3 is 0 Å². The van der Waals surface area contributed by atoms with Crippen molar-refractivity contribution in [1.82, 2.24) is 15.1 Å². The molecule has 160 valence electrons. The molecule has 2 rings (SSSR count). The fraction of sp³-hybridized carbons (Fsp3) is 0.857. The number of hydrogen-bond acceptors (Lipinski definition) is 4. The highest BCUT2D eigenvalue weighted by atomic mass is 16.2. The zero-order valence-corrected chi connectivity index (χ0v) is 17.9. The highest BCUT2D eigenvalue weighted by Gasteiger charge is 2.41. The molecule has 2 aliphatic heterocycles. The van der Waals surface area contributed by atoms with Crippen molar-refractivity contribution in [1.29, 1.82) is 0 Å². The van der Waals surface area contributed by atoms with Crippen LogP contribution in [0.5, 0.6) is 0 Å². The van der Waals surface area contributed by atoms with Gasteiger partial charge in [-0.05, 0) is 37.0 Å². The number of rotatable bonds is 8. The number of amides is 3. The van der Waals surface area contributed by atoms with Gasteiger partial charge in [0.2, 0.25) is 17.7 Å². The van der Waals surface area contributed by atoms with Crippen LogP contribution >= 0.6 is 0 Å². The van der Waals surface area contributed by atoms with Crippen LogP contribution < -0.4 is 11.1 Å². The van der Waals surface area contributed by atoms with Crippen LogP contribution in [0.3, 0.4) is 0 Å². The van der Waals surface area contributed by atoms with E-state index in [1.165, 1.54) is 0 Å². The molecule has 28 heavy (non-hydrogen) atoms. The Morgan fingerprint density at radius 1 is 1.18 bits per heavy atom. The fourth-order valence-corrected chi connectivity index (χ4v) is 4.42. The van der Waals surface area contributed by atoms with E-state index in [9.17, 15) is 14.4 Å². The molecule has 0 unspecified atom stereocenters. The van der Waals surface area contributed by atoms with Gasteiger partial charge in [0.1, 0.15) is 6.04 Å². The van der Waals surface area contributed by atoms with E-state index >= 15 is 0 Å². The second-order valence-electron chi connectivity index (χ2n) is 8.94. The van der Waals surface area contributed by atoms with E-state index < -0.39 is 6.04 Å². The Hall–Kier alpha value is -1.63. The summed E-state index contributed by atoms with van der Waals surface area (Å²) in [6.45, 7) is 10.9. The molecule has 0 aromatic carbocycles. The Labute approximate surface area is 169 Å². The Balaban J connectivity index is 2.09. The quantitative estimate of drug-likeness (QED) is 0.650. The van der Waals surface area contributed by atoms with Crippen LogP contribution in [0.25, 0.3) is 0 Å². The molecule has 3 N–H and O–H groups in total. The van der Waals surface area contributed by atoms with Crippen LogP contribution in [-0.4, -0.2) is 65.8 Å². The monoisotopic (exact) mass is 394 g/mol. The average Bonchev–Trinajstić information content (AvgIpc) is 2.64. The van der Waals surface area contributed by atoms with Gasteiger partial charge in [0.25, 0.3) is 0 Å². The average molecular weight is 395 g/mol. The van der Waals surface area contributed by atoms with E-state index in [1.807, 2.05) is 9.80 Å². The standard InChI is InChI=1S/C21H38N4O3/c1-5-15(4)19(25-11-8-23-17(20(25)27)12-14(2)3)21(28)24-9-6-16(7-10-24)13-18(22)26/h14-17,19,23H,5-13H2,1-4H3,(H2,22,26)/t15-,17-,19-/m0/s1. The lowest BCUT2D eigenvalue weighted by Gasteiger charge is -2.43. The van der Waals surface area contributed by atoms with E-state index in [4.69, 9.17) is 5.73 Å². The van der Waals surface area contributed by atoms with Crippen molar-refractivity contribution in [2.75, 3.05) is 26.2 Å². The summed E-state index contributed by atoms with van der Waals surface area (Å²) in [7, 11) is 0. The summed E-state index contributed by atoms with van der Waals surface area (Å²) in [5.41, 5.74) is 5.31. The third-order valence-corrected chi connectivity index (χ3v) is 6.22. The SMILES string of the molecule is CC[C@H](C)[C@@H](C(=O)N1CCC(CC(N)=O)CC1)N1CCN[C@@H](CC(C)C)C1=O. The van der Waals surface area contributed by atoms with Gasteiger partial charge in [-0.25, -0.2) is 0 Å². The smallest absolute Gasteiger partial charge is 0.245 e. The summed E-state index contributed by atoms with van der Waals surface area (Å²) in [5, 5.41) is 3.32. The maximum atomic E-state index is 13.4. The van der Waals surface area contributed by atoms with Gasteiger partial charge in [0.05, 0.1) is 6.04 Å². The number of primary amides is 1. The Morgan fingerprint density at radius 2 is 1.82 bits per heavy atom. The summed E-state index contributed by atoms with van der Waals surface area (Å²) < 4.78 is 0. The van der Waals surface area contributed by atoms with Crippen molar-refractivity contribution in [3.63, 3.8) is 0 Å². The predicted molar refractivity (Wildman–Crippen MR) is 109 cm³/mol. The van der Waals surface area contributed by atoms with Gasteiger partial charge in [0.15, 0.2) is 0 Å². The Bertz CT molecular complexity index is 558. The molecular weight excluding hydrogens is 356 g/mol. The van der Waals surface area contributed by atoms with Gasteiger partial charge in [-0.1, -0.05) is 34.1 Å². The zero-order chi connectivity index (χ0) is 20.8. The highest BCUT2D eigenvalue weighted by Crippen LogP contribution is 2.25. The molecule has 2 fully saturated rings. The molecule has 0 radical (unpaired) electrons. The molecular formula is C21H38N4O3. The number of nitrogens with one attached hydrogen (secondary N) is 1. The molecule has 0 bridgehead atoms. The first-order chi connectivity index (χ1) is 13.2. The number of piperidine rings is 1. The lowest BCUT2D eigenvalue weighted by Crippen LogP contribution is -2.63. The van der Waals surface area contributed by atoms with Gasteiger partial charge < -0.3 is 20.9 Å². The van der Waals surface area contributed by atoms with Gasteiger partial charge in [-0.15, -0.1) is 0 Å².